The number of carbonyl (C=O) groups is 1. The van der Waals surface area contributed by atoms with Gasteiger partial charge in [-0.15, -0.1) is 0 Å². The van der Waals surface area contributed by atoms with Gasteiger partial charge in [-0.25, -0.2) is 4.39 Å². The van der Waals surface area contributed by atoms with Crippen LogP contribution in [0.4, 0.5) is 4.39 Å². The lowest BCUT2D eigenvalue weighted by molar-refractivity contribution is -0.106. The first kappa shape index (κ1) is 31.2. The van der Waals surface area contributed by atoms with E-state index in [1.54, 1.807) is 6.07 Å². The smallest absolute Gasteiger partial charge is 0.199 e. The van der Waals surface area contributed by atoms with Crippen LogP contribution in [0.15, 0.2) is 60.7 Å². The number of benzene rings is 3. The molecule has 3 aromatic rings. The van der Waals surface area contributed by atoms with E-state index in [4.69, 9.17) is 23.7 Å². The lowest BCUT2D eigenvalue weighted by atomic mass is 9.80. The van der Waals surface area contributed by atoms with E-state index in [-0.39, 0.29) is 23.4 Å². The van der Waals surface area contributed by atoms with Crippen LogP contribution in [-0.4, -0.2) is 56.1 Å². The number of carbonyl (C=O) groups excluding carboxylic acids is 1. The minimum atomic E-state index is -0.740. The van der Waals surface area contributed by atoms with Gasteiger partial charge in [0.2, 0.25) is 0 Å². The van der Waals surface area contributed by atoms with Gasteiger partial charge in [-0.2, -0.15) is 0 Å². The van der Waals surface area contributed by atoms with Gasteiger partial charge in [0, 0.05) is 38.1 Å². The highest BCUT2D eigenvalue weighted by atomic mass is 19.1. The molecule has 0 aromatic heterocycles. The molecule has 3 fully saturated rings. The van der Waals surface area contributed by atoms with Gasteiger partial charge in [-0.3, -0.25) is 4.79 Å². The molecule has 3 aromatic carbocycles. The summed E-state index contributed by atoms with van der Waals surface area (Å²) in [5.41, 5.74) is 2.83. The molecule has 3 saturated heterocycles. The van der Waals surface area contributed by atoms with E-state index in [1.165, 1.54) is 18.1 Å². The molecule has 0 spiro atoms. The van der Waals surface area contributed by atoms with Crippen molar-refractivity contribution in [2.75, 3.05) is 32.8 Å². The minimum absolute atomic E-state index is 0.0488. The summed E-state index contributed by atoms with van der Waals surface area (Å²) in [6.45, 7) is 6.97. The number of ether oxygens (including phenoxy) is 5. The Labute approximate surface area is 270 Å². The van der Waals surface area contributed by atoms with Gasteiger partial charge < -0.3 is 28.6 Å². The molecular weight excluding hydrogens is 585 g/mol. The van der Waals surface area contributed by atoms with Crippen LogP contribution in [0.3, 0.4) is 0 Å². The Morgan fingerprint density at radius 3 is 2.11 bits per heavy atom. The van der Waals surface area contributed by atoms with E-state index >= 15 is 4.39 Å². The summed E-state index contributed by atoms with van der Waals surface area (Å²) in [5, 5.41) is 0. The summed E-state index contributed by atoms with van der Waals surface area (Å²) >= 11 is 0. The summed E-state index contributed by atoms with van der Waals surface area (Å²) in [7, 11) is 0. The Kier molecular flexibility index (Phi) is 9.56. The Bertz CT molecular complexity index is 1480. The van der Waals surface area contributed by atoms with Crippen LogP contribution in [0, 0.1) is 11.7 Å². The first-order valence-corrected chi connectivity index (χ1v) is 17.1. The molecular formula is C38H44FNO6. The molecule has 7 nitrogen and oxygen atoms in total. The van der Waals surface area contributed by atoms with E-state index in [2.05, 4.69) is 36.1 Å². The van der Waals surface area contributed by atoms with Crippen molar-refractivity contribution in [3.63, 3.8) is 0 Å². The Balaban J connectivity index is 1.15. The SMILES string of the molecule is CCCN1CC(Cc2ccc(C3Oc4cc(OC5CCCCO5)cc(F)c4C(=O)C3c3ccc(OC4CCCCO4)cc3)cc2)C1. The second-order valence-electron chi connectivity index (χ2n) is 13.1. The molecule has 4 aliphatic rings. The quantitative estimate of drug-likeness (QED) is 0.229. The van der Waals surface area contributed by atoms with Gasteiger partial charge in [0.25, 0.3) is 0 Å². The molecule has 4 atom stereocenters. The highest BCUT2D eigenvalue weighted by Gasteiger charge is 2.41. The third kappa shape index (κ3) is 6.94. The fraction of sp³-hybridized carbons (Fsp3) is 0.500. The van der Waals surface area contributed by atoms with Crippen molar-refractivity contribution in [1.82, 2.24) is 4.90 Å². The average molecular weight is 630 g/mol. The number of nitrogens with zero attached hydrogens (tertiary/aromatic N) is 1. The first-order valence-electron chi connectivity index (χ1n) is 17.1. The molecule has 0 radical (unpaired) electrons. The van der Waals surface area contributed by atoms with Crippen molar-refractivity contribution in [1.29, 1.82) is 0 Å². The van der Waals surface area contributed by atoms with Crippen LogP contribution in [-0.2, 0) is 15.9 Å². The number of hydrogen-bond donors (Lipinski definition) is 0. The molecule has 0 saturated carbocycles. The van der Waals surface area contributed by atoms with Crippen molar-refractivity contribution in [2.24, 2.45) is 5.92 Å². The van der Waals surface area contributed by atoms with E-state index < -0.39 is 24.1 Å². The van der Waals surface area contributed by atoms with Gasteiger partial charge >= 0.3 is 0 Å². The molecule has 4 aliphatic heterocycles. The lowest BCUT2D eigenvalue weighted by Gasteiger charge is -2.39. The van der Waals surface area contributed by atoms with Gasteiger partial charge in [-0.1, -0.05) is 43.3 Å². The number of hydrogen-bond acceptors (Lipinski definition) is 7. The molecule has 0 aliphatic carbocycles. The Hall–Kier alpha value is -3.46. The van der Waals surface area contributed by atoms with E-state index in [9.17, 15) is 4.79 Å². The molecule has 0 N–H and O–H groups in total. The summed E-state index contributed by atoms with van der Waals surface area (Å²) in [4.78, 5) is 16.7. The molecule has 0 bridgehead atoms. The van der Waals surface area contributed by atoms with Crippen molar-refractivity contribution in [3.8, 4) is 17.2 Å². The van der Waals surface area contributed by atoms with Gasteiger partial charge in [0.15, 0.2) is 18.4 Å². The number of likely N-dealkylation sites (tertiary alicyclic amines) is 1. The lowest BCUT2D eigenvalue weighted by Crippen LogP contribution is -2.47. The molecule has 7 rings (SSSR count). The van der Waals surface area contributed by atoms with Crippen LogP contribution in [0.5, 0.6) is 17.2 Å². The fourth-order valence-corrected chi connectivity index (χ4v) is 7.19. The van der Waals surface area contributed by atoms with Crippen LogP contribution >= 0.6 is 0 Å². The molecule has 244 valence electrons. The summed E-state index contributed by atoms with van der Waals surface area (Å²) < 4.78 is 45.7. The summed E-state index contributed by atoms with van der Waals surface area (Å²) in [6.07, 6.45) is 6.53. The zero-order chi connectivity index (χ0) is 31.5. The van der Waals surface area contributed by atoms with Crippen molar-refractivity contribution >= 4 is 5.78 Å². The third-order valence-electron chi connectivity index (χ3n) is 9.57. The predicted molar refractivity (Wildman–Crippen MR) is 172 cm³/mol. The number of rotatable bonds is 10. The topological polar surface area (TPSA) is 66.5 Å². The van der Waals surface area contributed by atoms with Gasteiger partial charge in [-0.05, 0) is 79.8 Å². The second-order valence-corrected chi connectivity index (χ2v) is 13.1. The van der Waals surface area contributed by atoms with Crippen molar-refractivity contribution in [2.45, 2.75) is 82.9 Å². The number of Topliss-reactive ketones (excluding diaryl/α,β-unsaturated/α-hetero) is 1. The standard InChI is InChI=1S/C38H44FNO6/c1-2-17-40-23-26(24-40)20-25-9-11-28(12-10-25)38-35(27-13-15-29(16-14-27)44-33-7-3-5-18-42-33)37(41)36-31(39)21-30(22-32(36)46-38)45-34-8-4-6-19-43-34/h9-16,21-22,26,33-35,38H,2-8,17-20,23-24H2,1H3. The first-order chi connectivity index (χ1) is 22.5. The van der Waals surface area contributed by atoms with E-state index in [0.29, 0.717) is 30.6 Å². The van der Waals surface area contributed by atoms with Crippen molar-refractivity contribution in [3.05, 3.63) is 88.7 Å². The monoisotopic (exact) mass is 629 g/mol. The van der Waals surface area contributed by atoms with Crippen LogP contribution in [0.2, 0.25) is 0 Å². The predicted octanol–water partition coefficient (Wildman–Crippen LogP) is 7.62. The Morgan fingerprint density at radius 2 is 1.48 bits per heavy atom. The average Bonchev–Trinajstić information content (AvgIpc) is 3.05. The maximum absolute atomic E-state index is 15.7. The van der Waals surface area contributed by atoms with E-state index in [0.717, 1.165) is 75.7 Å². The van der Waals surface area contributed by atoms with Crippen LogP contribution in [0.1, 0.15) is 90.9 Å². The maximum atomic E-state index is 15.7. The van der Waals surface area contributed by atoms with Crippen LogP contribution in [0.25, 0.3) is 0 Å². The molecule has 46 heavy (non-hydrogen) atoms. The minimum Gasteiger partial charge on any atom is -0.484 e. The van der Waals surface area contributed by atoms with Crippen molar-refractivity contribution < 1.29 is 32.9 Å². The number of ketones is 1. The summed E-state index contributed by atoms with van der Waals surface area (Å²) in [6, 6.07) is 18.8. The highest BCUT2D eigenvalue weighted by Crippen LogP contribution is 2.46. The normalized spacial score (nSPS) is 25.3. The molecule has 4 heterocycles. The zero-order valence-corrected chi connectivity index (χ0v) is 26.6. The third-order valence-corrected chi connectivity index (χ3v) is 9.57. The molecule has 0 amide bonds. The van der Waals surface area contributed by atoms with Gasteiger partial charge in [0.1, 0.15) is 29.2 Å². The maximum Gasteiger partial charge on any atom is 0.199 e. The highest BCUT2D eigenvalue weighted by molar-refractivity contribution is 6.05. The largest absolute Gasteiger partial charge is 0.484 e. The molecule has 4 unspecified atom stereocenters. The summed E-state index contributed by atoms with van der Waals surface area (Å²) in [5.74, 6) is 0.123. The second kappa shape index (κ2) is 14.1. The van der Waals surface area contributed by atoms with Crippen LogP contribution < -0.4 is 14.2 Å². The number of fused-ring (bicyclic) bond motifs is 1. The van der Waals surface area contributed by atoms with Gasteiger partial charge in [0.05, 0.1) is 24.7 Å². The fourth-order valence-electron chi connectivity index (χ4n) is 7.19. The molecule has 8 heteroatoms. The number of halogens is 1. The van der Waals surface area contributed by atoms with E-state index in [1.807, 2.05) is 24.3 Å². The zero-order valence-electron chi connectivity index (χ0n) is 26.6. The Morgan fingerprint density at radius 1 is 0.826 bits per heavy atom.